The second kappa shape index (κ2) is 5.38. The van der Waals surface area contributed by atoms with E-state index in [0.717, 1.165) is 23.7 Å². The van der Waals surface area contributed by atoms with E-state index in [1.54, 1.807) is 0 Å². The minimum absolute atomic E-state index is 0.923. The molecule has 2 saturated carbocycles. The molecule has 2 aliphatic carbocycles. The minimum Gasteiger partial charge on any atom is -0.0850 e. The van der Waals surface area contributed by atoms with Crippen LogP contribution in [-0.2, 0) is 0 Å². The number of hydrogen-bond donors (Lipinski definition) is 0. The minimum atomic E-state index is 0.923. The molecule has 0 N–H and O–H groups in total. The topological polar surface area (TPSA) is 0 Å². The number of hydrogen-bond acceptors (Lipinski definition) is 0. The van der Waals surface area contributed by atoms with Crippen molar-refractivity contribution in [1.29, 1.82) is 0 Å². The Kier molecular flexibility index (Phi) is 4.10. The van der Waals surface area contributed by atoms with Crippen LogP contribution in [0.4, 0.5) is 0 Å². The fourth-order valence-corrected chi connectivity index (χ4v) is 4.24. The highest BCUT2D eigenvalue weighted by Crippen LogP contribution is 2.49. The fourth-order valence-electron chi connectivity index (χ4n) is 4.24. The van der Waals surface area contributed by atoms with Gasteiger partial charge in [-0.25, -0.2) is 0 Å². The highest BCUT2D eigenvalue weighted by molar-refractivity contribution is 5.16. The van der Waals surface area contributed by atoms with Crippen LogP contribution in [0.3, 0.4) is 0 Å². The monoisotopic (exact) mass is 220 g/mol. The van der Waals surface area contributed by atoms with Crippen LogP contribution in [-0.4, -0.2) is 0 Å². The molecule has 2 fully saturated rings. The summed E-state index contributed by atoms with van der Waals surface area (Å²) < 4.78 is 0. The maximum Gasteiger partial charge on any atom is -0.0170 e. The van der Waals surface area contributed by atoms with Gasteiger partial charge < -0.3 is 0 Å². The Labute approximate surface area is 102 Å². The van der Waals surface area contributed by atoms with Gasteiger partial charge in [0.2, 0.25) is 0 Å². The third-order valence-corrected chi connectivity index (χ3v) is 5.10. The number of fused-ring (bicyclic) bond motifs is 1. The molecular weight excluding hydrogens is 192 g/mol. The van der Waals surface area contributed by atoms with E-state index in [2.05, 4.69) is 26.8 Å². The number of rotatable bonds is 2. The molecule has 92 valence electrons. The van der Waals surface area contributed by atoms with Crippen LogP contribution in [0.2, 0.25) is 0 Å². The SMILES string of the molecule is CC/C=C1\C(CC)CCC2C(C)CCCC12. The largest absolute Gasteiger partial charge is 0.0850 e. The first kappa shape index (κ1) is 12.2. The number of allylic oxidation sites excluding steroid dienone is 2. The van der Waals surface area contributed by atoms with Gasteiger partial charge in [-0.2, -0.15) is 0 Å². The Morgan fingerprint density at radius 3 is 2.62 bits per heavy atom. The van der Waals surface area contributed by atoms with Gasteiger partial charge in [0, 0.05) is 0 Å². The summed E-state index contributed by atoms with van der Waals surface area (Å²) in [6.45, 7) is 7.17. The van der Waals surface area contributed by atoms with Gasteiger partial charge in [0.05, 0.1) is 0 Å². The molecule has 0 radical (unpaired) electrons. The molecule has 0 aromatic carbocycles. The molecule has 16 heavy (non-hydrogen) atoms. The van der Waals surface area contributed by atoms with E-state index < -0.39 is 0 Å². The van der Waals surface area contributed by atoms with Gasteiger partial charge in [-0.3, -0.25) is 0 Å². The molecule has 0 heterocycles. The van der Waals surface area contributed by atoms with Crippen LogP contribution in [0.15, 0.2) is 11.6 Å². The van der Waals surface area contributed by atoms with Crippen LogP contribution >= 0.6 is 0 Å². The van der Waals surface area contributed by atoms with Gasteiger partial charge in [-0.15, -0.1) is 0 Å². The van der Waals surface area contributed by atoms with Crippen LogP contribution in [0.5, 0.6) is 0 Å². The Hall–Kier alpha value is -0.260. The van der Waals surface area contributed by atoms with Crippen molar-refractivity contribution in [2.75, 3.05) is 0 Å². The zero-order valence-electron chi connectivity index (χ0n) is 11.3. The second-order valence-corrected chi connectivity index (χ2v) is 5.97. The van der Waals surface area contributed by atoms with Crippen molar-refractivity contribution >= 4 is 0 Å². The molecule has 0 saturated heterocycles. The van der Waals surface area contributed by atoms with Crippen molar-refractivity contribution in [2.24, 2.45) is 23.7 Å². The van der Waals surface area contributed by atoms with Crippen molar-refractivity contribution < 1.29 is 0 Å². The van der Waals surface area contributed by atoms with Gasteiger partial charge in [-0.1, -0.05) is 45.3 Å². The van der Waals surface area contributed by atoms with Crippen molar-refractivity contribution in [2.45, 2.75) is 65.7 Å². The molecular formula is C16H28. The Bertz CT molecular complexity index is 251. The van der Waals surface area contributed by atoms with Crippen LogP contribution in [0.25, 0.3) is 0 Å². The maximum atomic E-state index is 2.57. The van der Waals surface area contributed by atoms with Crippen LogP contribution in [0.1, 0.15) is 65.7 Å². The average Bonchev–Trinajstić information content (AvgIpc) is 2.30. The van der Waals surface area contributed by atoms with E-state index in [4.69, 9.17) is 0 Å². The summed E-state index contributed by atoms with van der Waals surface area (Å²) in [5.41, 5.74) is 1.85. The lowest BCUT2D eigenvalue weighted by Crippen LogP contribution is -2.34. The van der Waals surface area contributed by atoms with Gasteiger partial charge in [-0.05, 0) is 55.8 Å². The molecule has 4 unspecified atom stereocenters. The summed E-state index contributed by atoms with van der Waals surface area (Å²) in [5.74, 6) is 3.89. The highest BCUT2D eigenvalue weighted by atomic mass is 14.4. The smallest absolute Gasteiger partial charge is 0.0170 e. The summed E-state index contributed by atoms with van der Waals surface area (Å²) in [6, 6.07) is 0. The zero-order chi connectivity index (χ0) is 11.5. The van der Waals surface area contributed by atoms with Gasteiger partial charge in [0.1, 0.15) is 0 Å². The Morgan fingerprint density at radius 1 is 1.12 bits per heavy atom. The predicted molar refractivity (Wildman–Crippen MR) is 71.4 cm³/mol. The van der Waals surface area contributed by atoms with Crippen LogP contribution in [0, 0.1) is 23.7 Å². The third kappa shape index (κ3) is 2.21. The zero-order valence-corrected chi connectivity index (χ0v) is 11.3. The third-order valence-electron chi connectivity index (χ3n) is 5.10. The summed E-state index contributed by atoms with van der Waals surface area (Å²) in [4.78, 5) is 0. The predicted octanol–water partition coefficient (Wildman–Crippen LogP) is 5.20. The van der Waals surface area contributed by atoms with Crippen molar-refractivity contribution in [3.63, 3.8) is 0 Å². The lowest BCUT2D eigenvalue weighted by molar-refractivity contribution is 0.132. The molecule has 0 bridgehead atoms. The van der Waals surface area contributed by atoms with Gasteiger partial charge in [0.15, 0.2) is 0 Å². The van der Waals surface area contributed by atoms with E-state index in [1.807, 2.05) is 5.57 Å². The molecule has 2 rings (SSSR count). The molecule has 2 aliphatic rings. The van der Waals surface area contributed by atoms with E-state index >= 15 is 0 Å². The maximum absolute atomic E-state index is 2.57. The molecule has 0 aromatic rings. The first-order chi connectivity index (χ1) is 7.77. The van der Waals surface area contributed by atoms with Gasteiger partial charge in [0.25, 0.3) is 0 Å². The van der Waals surface area contributed by atoms with E-state index in [1.165, 1.54) is 44.9 Å². The lowest BCUT2D eigenvalue weighted by Gasteiger charge is -2.45. The first-order valence-electron chi connectivity index (χ1n) is 7.47. The molecule has 0 aromatic heterocycles. The van der Waals surface area contributed by atoms with E-state index in [9.17, 15) is 0 Å². The summed E-state index contributed by atoms with van der Waals surface area (Å²) in [7, 11) is 0. The lowest BCUT2D eigenvalue weighted by atomic mass is 9.60. The van der Waals surface area contributed by atoms with Crippen molar-refractivity contribution in [3.05, 3.63) is 11.6 Å². The average molecular weight is 220 g/mol. The standard InChI is InChI=1S/C16H28/c1-4-7-15-13(5-2)10-11-14-12(3)8-6-9-16(14)15/h7,12-14,16H,4-6,8-11H2,1-3H3/b15-7+. The fraction of sp³-hybridized carbons (Fsp3) is 0.875. The van der Waals surface area contributed by atoms with E-state index in [-0.39, 0.29) is 0 Å². The van der Waals surface area contributed by atoms with Crippen molar-refractivity contribution in [3.8, 4) is 0 Å². The van der Waals surface area contributed by atoms with E-state index in [0.29, 0.717) is 0 Å². The molecule has 0 aliphatic heterocycles. The molecule has 4 atom stereocenters. The highest BCUT2D eigenvalue weighted by Gasteiger charge is 2.38. The Morgan fingerprint density at radius 2 is 1.94 bits per heavy atom. The van der Waals surface area contributed by atoms with Crippen molar-refractivity contribution in [1.82, 2.24) is 0 Å². The molecule has 0 heteroatoms. The normalized spacial score (nSPS) is 42.1. The summed E-state index contributed by atoms with van der Waals surface area (Å²) in [5, 5.41) is 0. The molecule has 0 nitrogen and oxygen atoms in total. The summed E-state index contributed by atoms with van der Waals surface area (Å²) in [6.07, 6.45) is 12.6. The Balaban J connectivity index is 2.18. The van der Waals surface area contributed by atoms with Gasteiger partial charge >= 0.3 is 0 Å². The molecule has 0 spiro atoms. The summed E-state index contributed by atoms with van der Waals surface area (Å²) >= 11 is 0. The van der Waals surface area contributed by atoms with Crippen LogP contribution < -0.4 is 0 Å². The second-order valence-electron chi connectivity index (χ2n) is 5.97. The molecule has 0 amide bonds. The quantitative estimate of drug-likeness (QED) is 0.561. The first-order valence-corrected chi connectivity index (χ1v) is 7.47.